The third kappa shape index (κ3) is 5.15. The van der Waals surface area contributed by atoms with E-state index in [-0.39, 0.29) is 17.6 Å². The highest BCUT2D eigenvalue weighted by Gasteiger charge is 2.14. The summed E-state index contributed by atoms with van der Waals surface area (Å²) < 4.78 is 0. The second-order valence-electron chi connectivity index (χ2n) is 4.81. The van der Waals surface area contributed by atoms with Gasteiger partial charge >= 0.3 is 12.0 Å². The lowest BCUT2D eigenvalue weighted by atomic mass is 10.1. The molecule has 1 aromatic rings. The molecule has 0 heterocycles. The van der Waals surface area contributed by atoms with Crippen LogP contribution in [0.15, 0.2) is 24.3 Å². The Morgan fingerprint density at radius 1 is 1.38 bits per heavy atom. The van der Waals surface area contributed by atoms with Crippen LogP contribution < -0.4 is 5.32 Å². The molecule has 1 rings (SSSR count). The molecule has 2 amide bonds. The first-order valence-corrected chi connectivity index (χ1v) is 6.65. The van der Waals surface area contributed by atoms with E-state index in [1.165, 1.54) is 4.90 Å². The van der Waals surface area contributed by atoms with E-state index in [2.05, 4.69) is 5.32 Å². The van der Waals surface area contributed by atoms with Crippen LogP contribution in [0.5, 0.6) is 0 Å². The molecule has 0 aliphatic carbocycles. The number of urea groups is 1. The zero-order valence-electron chi connectivity index (χ0n) is 12.2. The van der Waals surface area contributed by atoms with Gasteiger partial charge in [-0.25, -0.2) is 9.59 Å². The van der Waals surface area contributed by atoms with Gasteiger partial charge in [0.15, 0.2) is 0 Å². The Labute approximate surface area is 124 Å². The number of hydrogen-bond acceptors (Lipinski definition) is 3. The average molecular weight is 289 g/mol. The van der Waals surface area contributed by atoms with Gasteiger partial charge in [0.05, 0.1) is 18.1 Å². The fourth-order valence-electron chi connectivity index (χ4n) is 1.72. The number of nitrogens with zero attached hydrogens (tertiary/aromatic N) is 2. The summed E-state index contributed by atoms with van der Waals surface area (Å²) in [5.41, 5.74) is 1.20. The highest BCUT2D eigenvalue weighted by Crippen LogP contribution is 2.05. The largest absolute Gasteiger partial charge is 0.478 e. The number of aromatic carboxylic acids is 1. The summed E-state index contributed by atoms with van der Waals surface area (Å²) in [6.45, 7) is 2.27. The Balaban J connectivity index is 2.41. The van der Waals surface area contributed by atoms with Gasteiger partial charge in [0, 0.05) is 19.6 Å². The minimum absolute atomic E-state index is 0.134. The smallest absolute Gasteiger partial charge is 0.335 e. The number of carbonyl (C=O) groups excluding carboxylic acids is 1. The second-order valence-corrected chi connectivity index (χ2v) is 4.81. The van der Waals surface area contributed by atoms with Gasteiger partial charge < -0.3 is 15.3 Å². The molecule has 6 nitrogen and oxygen atoms in total. The summed E-state index contributed by atoms with van der Waals surface area (Å²) in [4.78, 5) is 24.0. The van der Waals surface area contributed by atoms with E-state index in [4.69, 9.17) is 10.4 Å². The van der Waals surface area contributed by atoms with Crippen molar-refractivity contribution in [3.63, 3.8) is 0 Å². The number of rotatable bonds is 6. The molecule has 0 fully saturated rings. The Bertz CT molecular complexity index is 534. The van der Waals surface area contributed by atoms with Crippen molar-refractivity contribution in [2.75, 3.05) is 13.6 Å². The first kappa shape index (κ1) is 16.5. The predicted octanol–water partition coefficient (Wildman–Crippen LogP) is 1.87. The van der Waals surface area contributed by atoms with Crippen molar-refractivity contribution in [2.45, 2.75) is 25.8 Å². The number of hydrogen-bond donors (Lipinski definition) is 2. The van der Waals surface area contributed by atoms with Crippen molar-refractivity contribution in [3.05, 3.63) is 35.4 Å². The molecular formula is C15H19N3O3. The van der Waals surface area contributed by atoms with Gasteiger partial charge in [-0.15, -0.1) is 0 Å². The maximum absolute atomic E-state index is 11.8. The number of carboxylic acids is 1. The summed E-state index contributed by atoms with van der Waals surface area (Å²) in [5.74, 6) is -0.956. The van der Waals surface area contributed by atoms with Crippen molar-refractivity contribution >= 4 is 12.0 Å². The number of carboxylic acid groups (broad SMARTS) is 1. The fraction of sp³-hybridized carbons (Fsp3) is 0.400. The lowest BCUT2D eigenvalue weighted by Gasteiger charge is -2.23. The van der Waals surface area contributed by atoms with Crippen LogP contribution in [-0.4, -0.2) is 41.6 Å². The Kier molecular flexibility index (Phi) is 6.21. The van der Waals surface area contributed by atoms with Crippen LogP contribution in [-0.2, 0) is 6.42 Å². The summed E-state index contributed by atoms with van der Waals surface area (Å²) in [5, 5.41) is 20.2. The number of benzene rings is 1. The minimum atomic E-state index is -0.956. The van der Waals surface area contributed by atoms with E-state index in [0.717, 1.165) is 5.56 Å². The SMILES string of the molecule is CC(CC#N)N(C)C(=O)NCCc1ccc(C(=O)O)cc1. The van der Waals surface area contributed by atoms with Gasteiger partial charge in [-0.3, -0.25) is 0 Å². The molecular weight excluding hydrogens is 270 g/mol. The molecule has 0 bridgehead atoms. The molecule has 2 N–H and O–H groups in total. The number of nitrogens with one attached hydrogen (secondary N) is 1. The predicted molar refractivity (Wildman–Crippen MR) is 78.0 cm³/mol. The van der Waals surface area contributed by atoms with Crippen molar-refractivity contribution in [1.82, 2.24) is 10.2 Å². The van der Waals surface area contributed by atoms with E-state index in [0.29, 0.717) is 19.4 Å². The number of carbonyl (C=O) groups is 2. The van der Waals surface area contributed by atoms with Crippen LogP contribution in [0, 0.1) is 11.3 Å². The fourth-order valence-corrected chi connectivity index (χ4v) is 1.72. The lowest BCUT2D eigenvalue weighted by Crippen LogP contribution is -2.42. The Morgan fingerprint density at radius 2 is 2.00 bits per heavy atom. The van der Waals surface area contributed by atoms with Crippen LogP contribution in [0.4, 0.5) is 4.79 Å². The first-order chi connectivity index (χ1) is 9.95. The third-order valence-corrected chi connectivity index (χ3v) is 3.26. The van der Waals surface area contributed by atoms with Crippen LogP contribution in [0.3, 0.4) is 0 Å². The first-order valence-electron chi connectivity index (χ1n) is 6.65. The molecule has 6 heteroatoms. The lowest BCUT2D eigenvalue weighted by molar-refractivity contribution is 0.0697. The molecule has 0 saturated heterocycles. The van der Waals surface area contributed by atoms with E-state index in [1.807, 2.05) is 13.0 Å². The quantitative estimate of drug-likeness (QED) is 0.836. The number of nitriles is 1. The van der Waals surface area contributed by atoms with Crippen LogP contribution >= 0.6 is 0 Å². The molecule has 1 unspecified atom stereocenters. The van der Waals surface area contributed by atoms with E-state index in [1.54, 1.807) is 31.3 Å². The Hall–Kier alpha value is -2.55. The van der Waals surface area contributed by atoms with Crippen LogP contribution in [0.2, 0.25) is 0 Å². The molecule has 112 valence electrons. The highest BCUT2D eigenvalue weighted by atomic mass is 16.4. The molecule has 0 radical (unpaired) electrons. The third-order valence-electron chi connectivity index (χ3n) is 3.26. The maximum Gasteiger partial charge on any atom is 0.335 e. The van der Waals surface area contributed by atoms with Gasteiger partial charge in [0.25, 0.3) is 0 Å². The van der Waals surface area contributed by atoms with Gasteiger partial charge in [-0.2, -0.15) is 5.26 Å². The van der Waals surface area contributed by atoms with E-state index in [9.17, 15) is 9.59 Å². The standard InChI is InChI=1S/C15H19N3O3/c1-11(7-9-16)18(2)15(21)17-10-8-12-3-5-13(6-4-12)14(19)20/h3-6,11H,7-8,10H2,1-2H3,(H,17,21)(H,19,20). The summed E-state index contributed by atoms with van der Waals surface area (Å²) >= 11 is 0. The van der Waals surface area contributed by atoms with Crippen molar-refractivity contribution in [2.24, 2.45) is 0 Å². The molecule has 0 saturated carbocycles. The average Bonchev–Trinajstić information content (AvgIpc) is 2.47. The van der Waals surface area contributed by atoms with E-state index >= 15 is 0 Å². The van der Waals surface area contributed by atoms with Gasteiger partial charge in [0.2, 0.25) is 0 Å². The van der Waals surface area contributed by atoms with Gasteiger partial charge in [-0.1, -0.05) is 12.1 Å². The van der Waals surface area contributed by atoms with Gasteiger partial charge in [0.1, 0.15) is 0 Å². The molecule has 0 spiro atoms. The molecule has 0 aliphatic rings. The van der Waals surface area contributed by atoms with Crippen molar-refractivity contribution in [3.8, 4) is 6.07 Å². The summed E-state index contributed by atoms with van der Waals surface area (Å²) in [6.07, 6.45) is 0.909. The van der Waals surface area contributed by atoms with Crippen molar-refractivity contribution < 1.29 is 14.7 Å². The summed E-state index contributed by atoms with van der Waals surface area (Å²) in [6, 6.07) is 8.23. The van der Waals surface area contributed by atoms with Crippen LogP contribution in [0.25, 0.3) is 0 Å². The maximum atomic E-state index is 11.8. The second kappa shape index (κ2) is 7.90. The molecule has 0 aromatic heterocycles. The van der Waals surface area contributed by atoms with Crippen LogP contribution in [0.1, 0.15) is 29.3 Å². The topological polar surface area (TPSA) is 93.4 Å². The highest BCUT2D eigenvalue weighted by molar-refractivity contribution is 5.87. The van der Waals surface area contributed by atoms with E-state index < -0.39 is 5.97 Å². The minimum Gasteiger partial charge on any atom is -0.478 e. The molecule has 1 atom stereocenters. The molecule has 1 aromatic carbocycles. The zero-order valence-corrected chi connectivity index (χ0v) is 12.2. The molecule has 0 aliphatic heterocycles. The Morgan fingerprint density at radius 3 is 2.52 bits per heavy atom. The summed E-state index contributed by atoms with van der Waals surface area (Å²) in [7, 11) is 1.65. The zero-order chi connectivity index (χ0) is 15.8. The van der Waals surface area contributed by atoms with Gasteiger partial charge in [-0.05, 0) is 31.0 Å². The molecule has 21 heavy (non-hydrogen) atoms. The number of amides is 2. The monoisotopic (exact) mass is 289 g/mol. The van der Waals surface area contributed by atoms with Crippen molar-refractivity contribution in [1.29, 1.82) is 5.26 Å². The normalized spacial score (nSPS) is 11.3.